The zero-order valence-corrected chi connectivity index (χ0v) is 19.5. The second-order valence-electron chi connectivity index (χ2n) is 8.67. The topological polar surface area (TPSA) is 187 Å². The van der Waals surface area contributed by atoms with Gasteiger partial charge in [0.1, 0.15) is 24.2 Å². The molecule has 0 saturated heterocycles. The number of carboxylic acids is 1. The lowest BCUT2D eigenvalue weighted by Gasteiger charge is -2.24. The van der Waals surface area contributed by atoms with Gasteiger partial charge in [-0.3, -0.25) is 14.4 Å². The Balaban J connectivity index is 2.23. The molecule has 0 aliphatic rings. The Labute approximate surface area is 197 Å². The lowest BCUT2D eigenvalue weighted by atomic mass is 10.0. The fourth-order valence-electron chi connectivity index (χ4n) is 3.46. The number of rotatable bonds is 12. The smallest absolute Gasteiger partial charge is 0.326 e. The second-order valence-corrected chi connectivity index (χ2v) is 8.67. The average molecular weight is 476 g/mol. The van der Waals surface area contributed by atoms with Crippen LogP contribution in [0.4, 0.5) is 0 Å². The molecular weight excluding hydrogens is 442 g/mol. The van der Waals surface area contributed by atoms with Gasteiger partial charge in [0.2, 0.25) is 17.7 Å². The Kier molecular flexibility index (Phi) is 9.58. The van der Waals surface area contributed by atoms with E-state index in [4.69, 9.17) is 10.8 Å². The van der Waals surface area contributed by atoms with Crippen LogP contribution in [0.15, 0.2) is 30.5 Å². The molecule has 8 N–H and O–H groups in total. The summed E-state index contributed by atoms with van der Waals surface area (Å²) in [6, 6.07) is 2.99. The van der Waals surface area contributed by atoms with E-state index in [1.54, 1.807) is 6.20 Å². The van der Waals surface area contributed by atoms with Crippen molar-refractivity contribution >= 4 is 34.6 Å². The number of H-pyrrole nitrogens is 1. The molecule has 4 unspecified atom stereocenters. The number of benzene rings is 1. The van der Waals surface area contributed by atoms with Crippen molar-refractivity contribution in [2.45, 2.75) is 57.8 Å². The molecule has 4 atom stereocenters. The van der Waals surface area contributed by atoms with E-state index in [0.717, 1.165) is 16.5 Å². The van der Waals surface area contributed by atoms with Gasteiger partial charge in [0.25, 0.3) is 0 Å². The van der Waals surface area contributed by atoms with Crippen LogP contribution in [0.2, 0.25) is 0 Å². The summed E-state index contributed by atoms with van der Waals surface area (Å²) in [6.07, 6.45) is 2.04. The molecule has 2 aromatic rings. The molecule has 1 aromatic carbocycles. The van der Waals surface area contributed by atoms with Gasteiger partial charge in [-0.05, 0) is 30.9 Å². The van der Waals surface area contributed by atoms with E-state index in [-0.39, 0.29) is 18.8 Å². The van der Waals surface area contributed by atoms with Crippen molar-refractivity contribution in [3.05, 3.63) is 36.0 Å². The highest BCUT2D eigenvalue weighted by Gasteiger charge is 2.29. The Morgan fingerprint density at radius 3 is 2.24 bits per heavy atom. The van der Waals surface area contributed by atoms with Crippen molar-refractivity contribution in [1.82, 2.24) is 20.9 Å². The zero-order valence-electron chi connectivity index (χ0n) is 19.5. The molecule has 0 spiro atoms. The predicted molar refractivity (Wildman–Crippen MR) is 126 cm³/mol. The van der Waals surface area contributed by atoms with Gasteiger partial charge in [-0.15, -0.1) is 0 Å². The first kappa shape index (κ1) is 26.8. The maximum absolute atomic E-state index is 13.1. The summed E-state index contributed by atoms with van der Waals surface area (Å²) in [4.78, 5) is 52.5. The molecule has 186 valence electrons. The largest absolute Gasteiger partial charge is 0.480 e. The molecule has 34 heavy (non-hydrogen) atoms. The molecule has 0 aliphatic carbocycles. The molecule has 0 radical (unpaired) electrons. The number of amides is 3. The van der Waals surface area contributed by atoms with Crippen LogP contribution >= 0.6 is 0 Å². The first-order valence-corrected chi connectivity index (χ1v) is 11.1. The maximum atomic E-state index is 13.1. The molecule has 0 aliphatic heterocycles. The zero-order chi connectivity index (χ0) is 25.4. The van der Waals surface area contributed by atoms with Crippen LogP contribution in [0.5, 0.6) is 0 Å². The van der Waals surface area contributed by atoms with E-state index >= 15 is 0 Å². The summed E-state index contributed by atoms with van der Waals surface area (Å²) in [7, 11) is 0. The summed E-state index contributed by atoms with van der Waals surface area (Å²) in [5.74, 6) is -3.18. The quantitative estimate of drug-likeness (QED) is 0.218. The Morgan fingerprint density at radius 2 is 1.62 bits per heavy atom. The number of carbonyl (C=O) groups is 4. The van der Waals surface area contributed by atoms with Crippen LogP contribution < -0.4 is 21.7 Å². The summed E-state index contributed by atoms with van der Waals surface area (Å²) in [5.41, 5.74) is 7.07. The number of hydrogen-bond donors (Lipinski definition) is 7. The molecule has 2 rings (SSSR count). The van der Waals surface area contributed by atoms with Gasteiger partial charge in [0.05, 0.1) is 6.61 Å². The lowest BCUT2D eigenvalue weighted by molar-refractivity contribution is -0.142. The number of aromatic amines is 1. The summed E-state index contributed by atoms with van der Waals surface area (Å²) < 4.78 is 0. The number of hydrogen-bond acceptors (Lipinski definition) is 6. The number of nitrogens with one attached hydrogen (secondary N) is 4. The number of carbonyl (C=O) groups excluding carboxylic acids is 3. The minimum absolute atomic E-state index is 0.0222. The fourth-order valence-corrected chi connectivity index (χ4v) is 3.46. The number of fused-ring (bicyclic) bond motifs is 1. The van der Waals surface area contributed by atoms with Gasteiger partial charge in [-0.1, -0.05) is 32.0 Å². The average Bonchev–Trinajstić information content (AvgIpc) is 3.19. The number of aliphatic hydroxyl groups excluding tert-OH is 1. The van der Waals surface area contributed by atoms with E-state index in [0.29, 0.717) is 0 Å². The SMILES string of the molecule is CC(C)CC(NC(=O)C(Cc1c[nH]c2ccccc12)NC(=O)C(C)NC(=O)C(N)CO)C(=O)O. The molecule has 0 bridgehead atoms. The van der Waals surface area contributed by atoms with Crippen LogP contribution in [0.25, 0.3) is 10.9 Å². The highest BCUT2D eigenvalue weighted by atomic mass is 16.4. The number of carboxylic acid groups (broad SMARTS) is 1. The van der Waals surface area contributed by atoms with Crippen LogP contribution in [-0.2, 0) is 25.6 Å². The minimum atomic E-state index is -1.19. The van der Waals surface area contributed by atoms with Gasteiger partial charge < -0.3 is 36.9 Å². The predicted octanol–water partition coefficient (Wildman–Crippen LogP) is -0.365. The van der Waals surface area contributed by atoms with Crippen LogP contribution in [0.1, 0.15) is 32.8 Å². The Morgan fingerprint density at radius 1 is 0.971 bits per heavy atom. The van der Waals surface area contributed by atoms with Crippen LogP contribution in [0, 0.1) is 5.92 Å². The van der Waals surface area contributed by atoms with E-state index in [9.17, 15) is 24.3 Å². The third kappa shape index (κ3) is 7.29. The third-order valence-corrected chi connectivity index (χ3v) is 5.34. The van der Waals surface area contributed by atoms with Crippen molar-refractivity contribution in [2.75, 3.05) is 6.61 Å². The van der Waals surface area contributed by atoms with Gasteiger partial charge >= 0.3 is 5.97 Å². The fraction of sp³-hybridized carbons (Fsp3) is 0.478. The molecule has 11 heteroatoms. The number of nitrogens with two attached hydrogens (primary N) is 1. The Hall–Kier alpha value is -3.44. The van der Waals surface area contributed by atoms with E-state index in [1.165, 1.54) is 6.92 Å². The van der Waals surface area contributed by atoms with Crippen LogP contribution in [0.3, 0.4) is 0 Å². The summed E-state index contributed by atoms with van der Waals surface area (Å²) in [5, 5.41) is 26.9. The summed E-state index contributed by atoms with van der Waals surface area (Å²) in [6.45, 7) is 4.51. The molecule has 0 fully saturated rings. The molecule has 3 amide bonds. The van der Waals surface area contributed by atoms with Crippen LogP contribution in [-0.4, -0.2) is 69.7 Å². The first-order chi connectivity index (χ1) is 16.0. The monoisotopic (exact) mass is 475 g/mol. The Bertz CT molecular complexity index is 1020. The number of aliphatic hydroxyl groups is 1. The highest BCUT2D eigenvalue weighted by molar-refractivity contribution is 5.94. The van der Waals surface area contributed by atoms with Crippen molar-refractivity contribution in [3.8, 4) is 0 Å². The minimum Gasteiger partial charge on any atom is -0.480 e. The van der Waals surface area contributed by atoms with Crippen molar-refractivity contribution in [2.24, 2.45) is 11.7 Å². The van der Waals surface area contributed by atoms with Gasteiger partial charge in [0, 0.05) is 23.5 Å². The van der Waals surface area contributed by atoms with Gasteiger partial charge in [0.15, 0.2) is 0 Å². The standard InChI is InChI=1S/C23H33N5O6/c1-12(2)8-19(23(33)34)28-22(32)18(9-14-10-25-17-7-5-4-6-15(14)17)27-20(30)13(3)26-21(31)16(24)11-29/h4-7,10,12-13,16,18-19,25,29H,8-9,11,24H2,1-3H3,(H,26,31)(H,27,30)(H,28,32)(H,33,34). The molecule has 11 nitrogen and oxygen atoms in total. The molecular formula is C23H33N5O6. The van der Waals surface area contributed by atoms with Crippen molar-refractivity contribution in [1.29, 1.82) is 0 Å². The first-order valence-electron chi connectivity index (χ1n) is 11.1. The number of para-hydroxylation sites is 1. The number of aliphatic carboxylic acids is 1. The van der Waals surface area contributed by atoms with Gasteiger partial charge in [-0.25, -0.2) is 4.79 Å². The maximum Gasteiger partial charge on any atom is 0.326 e. The van der Waals surface area contributed by atoms with E-state index < -0.39 is 54.5 Å². The van der Waals surface area contributed by atoms with E-state index in [2.05, 4.69) is 20.9 Å². The normalized spacial score (nSPS) is 14.8. The number of aromatic nitrogens is 1. The van der Waals surface area contributed by atoms with Crippen molar-refractivity contribution in [3.63, 3.8) is 0 Å². The highest BCUT2D eigenvalue weighted by Crippen LogP contribution is 2.19. The second kappa shape index (κ2) is 12.1. The lowest BCUT2D eigenvalue weighted by Crippen LogP contribution is -2.57. The molecule has 0 saturated carbocycles. The third-order valence-electron chi connectivity index (χ3n) is 5.34. The van der Waals surface area contributed by atoms with Gasteiger partial charge in [-0.2, -0.15) is 0 Å². The summed E-state index contributed by atoms with van der Waals surface area (Å²) >= 11 is 0. The molecule has 1 aromatic heterocycles. The molecule has 1 heterocycles. The van der Waals surface area contributed by atoms with Crippen molar-refractivity contribution < 1.29 is 29.4 Å². The van der Waals surface area contributed by atoms with E-state index in [1.807, 2.05) is 38.1 Å².